The van der Waals surface area contributed by atoms with Gasteiger partial charge in [-0.2, -0.15) is 0 Å². The van der Waals surface area contributed by atoms with Gasteiger partial charge in [0.25, 0.3) is 5.91 Å². The number of carboxylic acid groups (broad SMARTS) is 1. The third-order valence-corrected chi connectivity index (χ3v) is 4.68. The van der Waals surface area contributed by atoms with Crippen LogP contribution in [0, 0.1) is 5.82 Å². The van der Waals surface area contributed by atoms with E-state index in [1.54, 1.807) is 18.2 Å². The van der Waals surface area contributed by atoms with E-state index in [0.717, 1.165) is 17.8 Å². The number of aliphatic imine (C=N–C) groups is 1. The number of thioether (sulfide) groups is 1. The fourth-order valence-corrected chi connectivity index (χ4v) is 3.25. The maximum atomic E-state index is 13.8. The predicted octanol–water partition coefficient (Wildman–Crippen LogP) is 3.46. The largest absolute Gasteiger partial charge is 0.508 e. The molecule has 132 valence electrons. The van der Waals surface area contributed by atoms with Crippen molar-refractivity contribution in [1.82, 2.24) is 4.90 Å². The average molecular weight is 372 g/mol. The molecule has 0 radical (unpaired) electrons. The van der Waals surface area contributed by atoms with E-state index in [4.69, 9.17) is 0 Å². The maximum absolute atomic E-state index is 13.8. The van der Waals surface area contributed by atoms with Gasteiger partial charge in [-0.25, -0.2) is 14.2 Å². The Hall–Kier alpha value is -3.13. The van der Waals surface area contributed by atoms with Gasteiger partial charge in [0.05, 0.1) is 16.2 Å². The Morgan fingerprint density at radius 2 is 2.00 bits per heavy atom. The second kappa shape index (κ2) is 7.01. The maximum Gasteiger partial charge on any atom is 0.338 e. The lowest BCUT2D eigenvalue weighted by Crippen LogP contribution is -2.23. The van der Waals surface area contributed by atoms with Crippen LogP contribution >= 0.6 is 11.8 Å². The van der Waals surface area contributed by atoms with Crippen LogP contribution in [0.25, 0.3) is 6.08 Å². The Labute approximate surface area is 152 Å². The van der Waals surface area contributed by atoms with Gasteiger partial charge in [-0.05, 0) is 42.1 Å². The van der Waals surface area contributed by atoms with Crippen molar-refractivity contribution >= 4 is 40.6 Å². The summed E-state index contributed by atoms with van der Waals surface area (Å²) in [6.07, 6.45) is 1.43. The molecule has 8 heteroatoms. The second-order valence-electron chi connectivity index (χ2n) is 5.40. The molecule has 26 heavy (non-hydrogen) atoms. The summed E-state index contributed by atoms with van der Waals surface area (Å²) in [5, 5.41) is 18.9. The van der Waals surface area contributed by atoms with Crippen LogP contribution in [-0.2, 0) is 4.79 Å². The molecule has 1 saturated heterocycles. The Morgan fingerprint density at radius 1 is 1.27 bits per heavy atom. The van der Waals surface area contributed by atoms with Crippen molar-refractivity contribution < 1.29 is 24.2 Å². The molecule has 6 nitrogen and oxygen atoms in total. The van der Waals surface area contributed by atoms with Crippen molar-refractivity contribution in [2.75, 3.05) is 7.05 Å². The van der Waals surface area contributed by atoms with Crippen molar-refractivity contribution in [3.63, 3.8) is 0 Å². The summed E-state index contributed by atoms with van der Waals surface area (Å²) in [5.41, 5.74) is 0.184. The molecule has 1 fully saturated rings. The number of halogens is 1. The van der Waals surface area contributed by atoms with Crippen molar-refractivity contribution in [2.24, 2.45) is 4.99 Å². The summed E-state index contributed by atoms with van der Waals surface area (Å²) in [4.78, 5) is 29.4. The first kappa shape index (κ1) is 17.7. The highest BCUT2D eigenvalue weighted by Crippen LogP contribution is 2.34. The molecule has 0 spiro atoms. The van der Waals surface area contributed by atoms with E-state index in [0.29, 0.717) is 0 Å². The third-order valence-electron chi connectivity index (χ3n) is 3.62. The SMILES string of the molecule is CN1C(=O)/C(=C/c2ccccc2F)SC1=Nc1ccc(O)cc1C(=O)O. The molecule has 1 aliphatic heterocycles. The number of phenols is 1. The monoisotopic (exact) mass is 372 g/mol. The van der Waals surface area contributed by atoms with Crippen LogP contribution in [-0.4, -0.2) is 39.2 Å². The number of carboxylic acids is 1. The van der Waals surface area contributed by atoms with Crippen LogP contribution in [0.2, 0.25) is 0 Å². The van der Waals surface area contributed by atoms with E-state index in [-0.39, 0.29) is 38.5 Å². The van der Waals surface area contributed by atoms with Gasteiger partial charge in [0.2, 0.25) is 0 Å². The number of carbonyl (C=O) groups excluding carboxylic acids is 1. The van der Waals surface area contributed by atoms with Crippen molar-refractivity contribution in [3.05, 3.63) is 64.3 Å². The Bertz CT molecular complexity index is 971. The fraction of sp³-hybridized carbons (Fsp3) is 0.0556. The highest BCUT2D eigenvalue weighted by atomic mass is 32.2. The number of likely N-dealkylation sites (N-methyl/N-ethyl adjacent to an activating group) is 1. The zero-order valence-electron chi connectivity index (χ0n) is 13.5. The molecule has 0 aliphatic carbocycles. The number of aromatic carboxylic acids is 1. The summed E-state index contributed by atoms with van der Waals surface area (Å²) in [7, 11) is 1.50. The van der Waals surface area contributed by atoms with Gasteiger partial charge in [0.1, 0.15) is 11.6 Å². The summed E-state index contributed by atoms with van der Waals surface area (Å²) in [6, 6.07) is 9.80. The second-order valence-corrected chi connectivity index (χ2v) is 6.41. The average Bonchev–Trinajstić information content (AvgIpc) is 2.86. The molecule has 1 amide bonds. The smallest absolute Gasteiger partial charge is 0.338 e. The van der Waals surface area contributed by atoms with E-state index in [1.165, 1.54) is 36.2 Å². The van der Waals surface area contributed by atoms with Crippen molar-refractivity contribution in [2.45, 2.75) is 0 Å². The van der Waals surface area contributed by atoms with Crippen LogP contribution in [0.3, 0.4) is 0 Å². The molecule has 1 heterocycles. The minimum atomic E-state index is -1.25. The Kier molecular flexibility index (Phi) is 4.77. The lowest BCUT2D eigenvalue weighted by Gasteiger charge is -2.08. The van der Waals surface area contributed by atoms with E-state index in [9.17, 15) is 24.2 Å². The standard InChI is InChI=1S/C18H13FN2O4S/c1-21-16(23)15(8-10-4-2-3-5-13(10)19)26-18(21)20-14-7-6-11(22)9-12(14)17(24)25/h2-9,22H,1H3,(H,24,25)/b15-8-,20-18?. The van der Waals surface area contributed by atoms with E-state index < -0.39 is 11.8 Å². The highest BCUT2D eigenvalue weighted by molar-refractivity contribution is 8.18. The number of benzene rings is 2. The number of amides is 1. The van der Waals surface area contributed by atoms with Crippen molar-refractivity contribution in [3.8, 4) is 5.75 Å². The number of hydrogen-bond acceptors (Lipinski definition) is 5. The van der Waals surface area contributed by atoms with Gasteiger partial charge in [0, 0.05) is 12.6 Å². The quantitative estimate of drug-likeness (QED) is 0.806. The van der Waals surface area contributed by atoms with E-state index in [2.05, 4.69) is 4.99 Å². The number of amidine groups is 1. The molecule has 2 N–H and O–H groups in total. The molecule has 0 bridgehead atoms. The van der Waals surface area contributed by atoms with Gasteiger partial charge in [-0.15, -0.1) is 0 Å². The molecule has 0 unspecified atom stereocenters. The molecule has 2 aromatic rings. The van der Waals surface area contributed by atoms with Crippen LogP contribution in [0.1, 0.15) is 15.9 Å². The van der Waals surface area contributed by atoms with E-state index >= 15 is 0 Å². The highest BCUT2D eigenvalue weighted by Gasteiger charge is 2.31. The van der Waals surface area contributed by atoms with Gasteiger partial charge in [0.15, 0.2) is 5.17 Å². The number of aromatic hydroxyl groups is 1. The fourth-order valence-electron chi connectivity index (χ4n) is 2.28. The third kappa shape index (κ3) is 3.45. The zero-order chi connectivity index (χ0) is 18.8. The lowest BCUT2D eigenvalue weighted by molar-refractivity contribution is -0.121. The number of carbonyl (C=O) groups is 2. The van der Waals surface area contributed by atoms with Gasteiger partial charge in [-0.3, -0.25) is 9.69 Å². The molecular weight excluding hydrogens is 359 g/mol. The summed E-state index contributed by atoms with van der Waals surface area (Å²) < 4.78 is 13.8. The lowest BCUT2D eigenvalue weighted by atomic mass is 10.2. The van der Waals surface area contributed by atoms with Gasteiger partial charge in [-0.1, -0.05) is 18.2 Å². The van der Waals surface area contributed by atoms with Gasteiger partial charge < -0.3 is 10.2 Å². The van der Waals surface area contributed by atoms with E-state index in [1.807, 2.05) is 0 Å². The summed E-state index contributed by atoms with van der Waals surface area (Å²) in [6.45, 7) is 0. The van der Waals surface area contributed by atoms with Crippen LogP contribution in [0.5, 0.6) is 5.75 Å². The summed E-state index contributed by atoms with van der Waals surface area (Å²) >= 11 is 1.02. The number of nitrogens with zero attached hydrogens (tertiary/aromatic N) is 2. The van der Waals surface area contributed by atoms with Crippen LogP contribution < -0.4 is 0 Å². The minimum absolute atomic E-state index is 0.101. The molecule has 0 saturated carbocycles. The van der Waals surface area contributed by atoms with Gasteiger partial charge >= 0.3 is 5.97 Å². The first-order valence-electron chi connectivity index (χ1n) is 7.44. The molecule has 1 aliphatic rings. The predicted molar refractivity (Wildman–Crippen MR) is 96.9 cm³/mol. The number of hydrogen-bond donors (Lipinski definition) is 2. The molecule has 0 aromatic heterocycles. The number of rotatable bonds is 3. The number of phenolic OH excluding ortho intramolecular Hbond substituents is 1. The first-order valence-corrected chi connectivity index (χ1v) is 8.25. The molecular formula is C18H13FN2O4S. The van der Waals surface area contributed by atoms with Crippen LogP contribution in [0.15, 0.2) is 52.4 Å². The molecule has 3 rings (SSSR count). The summed E-state index contributed by atoms with van der Waals surface area (Å²) in [5.74, 6) is -2.27. The first-order chi connectivity index (χ1) is 12.4. The Balaban J connectivity index is 1.99. The topological polar surface area (TPSA) is 90.2 Å². The zero-order valence-corrected chi connectivity index (χ0v) is 14.3. The molecule has 2 aromatic carbocycles. The normalized spacial score (nSPS) is 17.3. The molecule has 0 atom stereocenters. The Morgan fingerprint density at radius 3 is 2.69 bits per heavy atom. The van der Waals surface area contributed by atoms with Crippen molar-refractivity contribution in [1.29, 1.82) is 0 Å². The minimum Gasteiger partial charge on any atom is -0.508 e. The van der Waals surface area contributed by atoms with Crippen LogP contribution in [0.4, 0.5) is 10.1 Å².